The summed E-state index contributed by atoms with van der Waals surface area (Å²) in [5, 5.41) is 4.95. The van der Waals surface area contributed by atoms with Gasteiger partial charge in [-0.25, -0.2) is 0 Å². The van der Waals surface area contributed by atoms with Crippen LogP contribution in [0.4, 0.5) is 0 Å². The molecule has 0 aromatic rings. The van der Waals surface area contributed by atoms with Gasteiger partial charge in [0.2, 0.25) is 0 Å². The highest BCUT2D eigenvalue weighted by Crippen LogP contribution is 1.90. The molecule has 132 valence electrons. The zero-order valence-corrected chi connectivity index (χ0v) is 18.9. The Labute approximate surface area is 167 Å². The largest absolute Gasteiger partial charge is 1.00 e. The van der Waals surface area contributed by atoms with Crippen molar-refractivity contribution in [1.29, 1.82) is 0 Å². The molecule has 0 saturated carbocycles. The van der Waals surface area contributed by atoms with Crippen LogP contribution in [-0.2, 0) is 4.74 Å². The van der Waals surface area contributed by atoms with E-state index >= 15 is 0 Å². The molecule has 0 aromatic carbocycles. The summed E-state index contributed by atoms with van der Waals surface area (Å²) in [4.78, 5) is 0. The van der Waals surface area contributed by atoms with Crippen LogP contribution in [0.25, 0.3) is 0 Å². The minimum atomic E-state index is 0. The highest BCUT2D eigenvalue weighted by atomic mass is 127. The molecule has 0 bridgehead atoms. The van der Waals surface area contributed by atoms with Crippen LogP contribution >= 0.6 is 0 Å². The van der Waals surface area contributed by atoms with Gasteiger partial charge in [-0.15, -0.1) is 0 Å². The molecule has 0 atom stereocenters. The van der Waals surface area contributed by atoms with Gasteiger partial charge in [-0.2, -0.15) is 0 Å². The summed E-state index contributed by atoms with van der Waals surface area (Å²) in [5.41, 5.74) is 0. The minimum Gasteiger partial charge on any atom is -1.00 e. The zero-order valence-electron chi connectivity index (χ0n) is 14.5. The van der Waals surface area contributed by atoms with Crippen LogP contribution in [0.2, 0.25) is 0 Å². The molecular weight excluding hydrogens is 490 g/mol. The fourth-order valence-corrected chi connectivity index (χ4v) is 2.42. The molecule has 0 aliphatic rings. The first kappa shape index (κ1) is 27.2. The number of quaternary nitrogens is 2. The highest BCUT2D eigenvalue weighted by molar-refractivity contribution is 4.46. The average molecular weight is 528 g/mol. The highest BCUT2D eigenvalue weighted by Gasteiger charge is 2.05. The molecule has 3 nitrogen and oxygen atoms in total. The van der Waals surface area contributed by atoms with Gasteiger partial charge in [-0.1, -0.05) is 27.7 Å². The first-order chi connectivity index (χ1) is 9.28. The van der Waals surface area contributed by atoms with E-state index in [0.29, 0.717) is 0 Å². The molecule has 0 aliphatic carbocycles. The molecule has 0 radical (unpaired) electrons. The Balaban J connectivity index is -0.00000162. The lowest BCUT2D eigenvalue weighted by molar-refractivity contribution is -0.690. The van der Waals surface area contributed by atoms with E-state index in [1.807, 2.05) is 0 Å². The number of nitrogens with two attached hydrogens (primary N) is 2. The van der Waals surface area contributed by atoms with Gasteiger partial charge < -0.3 is 63.3 Å². The van der Waals surface area contributed by atoms with Crippen molar-refractivity contribution in [3.8, 4) is 0 Å². The summed E-state index contributed by atoms with van der Waals surface area (Å²) >= 11 is 0. The maximum absolute atomic E-state index is 5.69. The number of halogens is 2. The molecule has 0 aromatic heterocycles. The SMILES string of the molecule is CCC(CC)[NH2+]CCCOCCC[NH2+]C(CC)CC.[I-].[I-]. The van der Waals surface area contributed by atoms with Crippen molar-refractivity contribution in [2.75, 3.05) is 26.3 Å². The summed E-state index contributed by atoms with van der Waals surface area (Å²) in [5.74, 6) is 0. The van der Waals surface area contributed by atoms with Crippen molar-refractivity contribution < 1.29 is 63.3 Å². The second-order valence-corrected chi connectivity index (χ2v) is 5.52. The van der Waals surface area contributed by atoms with Gasteiger partial charge in [-0.3, -0.25) is 0 Å². The fraction of sp³-hybridized carbons (Fsp3) is 1.00. The molecule has 0 unspecified atom stereocenters. The Morgan fingerprint density at radius 1 is 0.667 bits per heavy atom. The number of rotatable bonds is 14. The average Bonchev–Trinajstić information content (AvgIpc) is 2.45. The van der Waals surface area contributed by atoms with E-state index in [1.165, 1.54) is 51.6 Å². The Bertz CT molecular complexity index is 160. The van der Waals surface area contributed by atoms with Gasteiger partial charge in [0.15, 0.2) is 0 Å². The molecule has 21 heavy (non-hydrogen) atoms. The van der Waals surface area contributed by atoms with Crippen molar-refractivity contribution in [3.63, 3.8) is 0 Å². The Kier molecular flexibility index (Phi) is 27.6. The molecule has 0 spiro atoms. The van der Waals surface area contributed by atoms with Crippen LogP contribution in [0.15, 0.2) is 0 Å². The third-order valence-electron chi connectivity index (χ3n) is 4.08. The van der Waals surface area contributed by atoms with E-state index in [9.17, 15) is 0 Å². The summed E-state index contributed by atoms with van der Waals surface area (Å²) in [6.07, 6.45) is 7.50. The molecule has 0 aliphatic heterocycles. The Morgan fingerprint density at radius 3 is 1.29 bits per heavy atom. The number of ether oxygens (including phenoxy) is 1. The maximum Gasteiger partial charge on any atom is 0.0853 e. The van der Waals surface area contributed by atoms with Crippen molar-refractivity contribution in [3.05, 3.63) is 0 Å². The molecule has 0 amide bonds. The van der Waals surface area contributed by atoms with E-state index in [0.717, 1.165) is 25.3 Å². The Hall–Kier alpha value is 1.34. The van der Waals surface area contributed by atoms with Gasteiger partial charge >= 0.3 is 0 Å². The topological polar surface area (TPSA) is 42.5 Å². The van der Waals surface area contributed by atoms with Gasteiger partial charge in [0.1, 0.15) is 0 Å². The monoisotopic (exact) mass is 528 g/mol. The van der Waals surface area contributed by atoms with Crippen LogP contribution in [0.5, 0.6) is 0 Å². The third kappa shape index (κ3) is 17.5. The van der Waals surface area contributed by atoms with Gasteiger partial charge in [-0.05, 0) is 25.7 Å². The van der Waals surface area contributed by atoms with Crippen LogP contribution in [0.3, 0.4) is 0 Å². The lowest BCUT2D eigenvalue weighted by Gasteiger charge is -2.12. The summed E-state index contributed by atoms with van der Waals surface area (Å²) in [6, 6.07) is 1.63. The molecule has 0 heterocycles. The van der Waals surface area contributed by atoms with E-state index in [1.54, 1.807) is 0 Å². The molecule has 0 fully saturated rings. The van der Waals surface area contributed by atoms with Crippen LogP contribution in [-0.4, -0.2) is 38.4 Å². The Morgan fingerprint density at radius 2 is 1.00 bits per heavy atom. The van der Waals surface area contributed by atoms with E-state index in [2.05, 4.69) is 38.3 Å². The lowest BCUT2D eigenvalue weighted by atomic mass is 10.2. The predicted octanol–water partition coefficient (Wildman–Crippen LogP) is -4.70. The van der Waals surface area contributed by atoms with Crippen molar-refractivity contribution in [2.24, 2.45) is 0 Å². The number of hydrogen-bond donors (Lipinski definition) is 2. The van der Waals surface area contributed by atoms with E-state index in [4.69, 9.17) is 4.74 Å². The zero-order chi connectivity index (χ0) is 14.3. The van der Waals surface area contributed by atoms with Crippen molar-refractivity contribution in [2.45, 2.75) is 78.3 Å². The lowest BCUT2D eigenvalue weighted by Crippen LogP contribution is -3.00. The second kappa shape index (κ2) is 21.3. The molecular formula is C16H38I2N2O. The quantitative estimate of drug-likeness (QED) is 0.173. The number of hydrogen-bond acceptors (Lipinski definition) is 1. The van der Waals surface area contributed by atoms with E-state index < -0.39 is 0 Å². The van der Waals surface area contributed by atoms with E-state index in [-0.39, 0.29) is 48.0 Å². The first-order valence-electron chi connectivity index (χ1n) is 8.52. The fourth-order valence-electron chi connectivity index (χ4n) is 2.42. The van der Waals surface area contributed by atoms with Gasteiger partial charge in [0.25, 0.3) is 0 Å². The van der Waals surface area contributed by atoms with Gasteiger partial charge in [0.05, 0.1) is 38.4 Å². The smallest absolute Gasteiger partial charge is 0.0853 e. The molecule has 5 heteroatoms. The van der Waals surface area contributed by atoms with Crippen LogP contribution in [0, 0.1) is 0 Å². The summed E-state index contributed by atoms with van der Waals surface area (Å²) in [6.45, 7) is 13.4. The second-order valence-electron chi connectivity index (χ2n) is 5.52. The maximum atomic E-state index is 5.69. The third-order valence-corrected chi connectivity index (χ3v) is 4.08. The van der Waals surface area contributed by atoms with Gasteiger partial charge in [0, 0.05) is 12.8 Å². The molecule has 4 N–H and O–H groups in total. The standard InChI is InChI=1S/C16H36N2O.2HI/c1-5-15(6-2)17-11-9-13-19-14-10-12-18-16(7-3)8-4;;/h15-18H,5-14H2,1-4H3;2*1H. The minimum absolute atomic E-state index is 0. The summed E-state index contributed by atoms with van der Waals surface area (Å²) in [7, 11) is 0. The van der Waals surface area contributed by atoms with Crippen molar-refractivity contribution >= 4 is 0 Å². The van der Waals surface area contributed by atoms with Crippen LogP contribution < -0.4 is 58.6 Å². The molecule has 0 rings (SSSR count). The van der Waals surface area contributed by atoms with Crippen molar-refractivity contribution in [1.82, 2.24) is 0 Å². The predicted molar refractivity (Wildman–Crippen MR) is 82.4 cm³/mol. The molecule has 0 saturated heterocycles. The van der Waals surface area contributed by atoms with Crippen LogP contribution in [0.1, 0.15) is 66.2 Å². The summed E-state index contributed by atoms with van der Waals surface area (Å²) < 4.78 is 5.69. The normalized spacial score (nSPS) is 10.6. The first-order valence-corrected chi connectivity index (χ1v) is 8.52.